The molecule has 0 heterocycles. The lowest BCUT2D eigenvalue weighted by molar-refractivity contribution is -0.218. The Kier molecular flexibility index (Phi) is 4.63. The number of esters is 1. The molecule has 0 spiro atoms. The minimum absolute atomic E-state index is 0.0212. The fourth-order valence-corrected chi connectivity index (χ4v) is 7.28. The highest BCUT2D eigenvalue weighted by Crippen LogP contribution is 2.69. The van der Waals surface area contributed by atoms with E-state index in [0.717, 1.165) is 25.7 Å². The smallest absolute Gasteiger partial charge is 0.303 e. The van der Waals surface area contributed by atoms with Crippen LogP contribution in [0.2, 0.25) is 0 Å². The molecule has 0 aromatic rings. The van der Waals surface area contributed by atoms with Crippen molar-refractivity contribution in [1.82, 2.24) is 0 Å². The maximum absolute atomic E-state index is 12.9. The van der Waals surface area contributed by atoms with E-state index in [1.807, 2.05) is 13.0 Å². The number of ether oxygens (including phenoxy) is 1. The number of hydrogen-bond donors (Lipinski definition) is 2. The lowest BCUT2D eigenvalue weighted by atomic mass is 9.44. The number of carbonyl (C=O) groups excluding carboxylic acids is 3. The van der Waals surface area contributed by atoms with Crippen LogP contribution < -0.4 is 0 Å². The molecular formula is C23H32O6. The number of carbonyl (C=O) groups is 3. The Morgan fingerprint density at radius 1 is 1.07 bits per heavy atom. The number of hydrogen-bond acceptors (Lipinski definition) is 6. The standard InChI is InChI=1S/C23H32O6/c1-14(24)29-13-19(26)23(28)11-10-22(27)18-5-4-15-12-16(25)6-8-20(15,2)17(18)7-9-21(22,23)3/h12,17-18,27-28H,4-11,13H2,1-3H3/t17?,18?,20?,21?,22-,23+/m1/s1. The van der Waals surface area contributed by atoms with Crippen LogP contribution in [0.3, 0.4) is 0 Å². The molecule has 2 N–H and O–H groups in total. The Balaban J connectivity index is 1.66. The molecular weight excluding hydrogens is 372 g/mol. The maximum Gasteiger partial charge on any atom is 0.303 e. The average molecular weight is 405 g/mol. The van der Waals surface area contributed by atoms with Crippen LogP contribution in [0.5, 0.6) is 0 Å². The number of ketones is 2. The summed E-state index contributed by atoms with van der Waals surface area (Å²) in [5.74, 6) is -0.667. The summed E-state index contributed by atoms with van der Waals surface area (Å²) >= 11 is 0. The van der Waals surface area contributed by atoms with Gasteiger partial charge in [-0.3, -0.25) is 14.4 Å². The molecule has 0 aliphatic heterocycles. The second kappa shape index (κ2) is 6.48. The van der Waals surface area contributed by atoms with Crippen molar-refractivity contribution in [2.45, 2.75) is 83.3 Å². The van der Waals surface area contributed by atoms with Crippen molar-refractivity contribution in [2.24, 2.45) is 22.7 Å². The van der Waals surface area contributed by atoms with Gasteiger partial charge in [-0.05, 0) is 68.3 Å². The monoisotopic (exact) mass is 404 g/mol. The number of Topliss-reactive ketones (excluding diaryl/α,β-unsaturated/α-hetero) is 1. The van der Waals surface area contributed by atoms with Crippen molar-refractivity contribution >= 4 is 17.5 Å². The number of aliphatic hydroxyl groups is 2. The Labute approximate surface area is 171 Å². The van der Waals surface area contributed by atoms with Crippen LogP contribution in [0.25, 0.3) is 0 Å². The van der Waals surface area contributed by atoms with Crippen LogP contribution in [0.4, 0.5) is 0 Å². The van der Waals surface area contributed by atoms with Crippen molar-refractivity contribution in [1.29, 1.82) is 0 Å². The molecule has 4 aliphatic rings. The normalized spacial score (nSPS) is 46.2. The lowest BCUT2D eigenvalue weighted by Crippen LogP contribution is -2.66. The first-order chi connectivity index (χ1) is 13.5. The van der Waals surface area contributed by atoms with Crippen molar-refractivity contribution in [3.8, 4) is 0 Å². The fourth-order valence-electron chi connectivity index (χ4n) is 7.28. The van der Waals surface area contributed by atoms with Gasteiger partial charge in [-0.1, -0.05) is 19.4 Å². The zero-order valence-corrected chi connectivity index (χ0v) is 17.6. The molecule has 160 valence electrons. The van der Waals surface area contributed by atoms with Gasteiger partial charge in [0.25, 0.3) is 0 Å². The third-order valence-corrected chi connectivity index (χ3v) is 9.16. The largest absolute Gasteiger partial charge is 0.458 e. The Morgan fingerprint density at radius 2 is 1.79 bits per heavy atom. The van der Waals surface area contributed by atoms with Crippen molar-refractivity contribution < 1.29 is 29.3 Å². The van der Waals surface area contributed by atoms with Gasteiger partial charge in [-0.2, -0.15) is 0 Å². The molecule has 0 amide bonds. The molecule has 6 atom stereocenters. The van der Waals surface area contributed by atoms with E-state index in [-0.39, 0.29) is 29.5 Å². The summed E-state index contributed by atoms with van der Waals surface area (Å²) < 4.78 is 4.87. The highest BCUT2D eigenvalue weighted by Gasteiger charge is 2.73. The van der Waals surface area contributed by atoms with E-state index < -0.39 is 35.0 Å². The summed E-state index contributed by atoms with van der Waals surface area (Å²) in [5.41, 5.74) is -2.70. The predicted octanol–water partition coefficient (Wildman–Crippen LogP) is 2.50. The van der Waals surface area contributed by atoms with Gasteiger partial charge < -0.3 is 14.9 Å². The lowest BCUT2D eigenvalue weighted by Gasteiger charge is -2.62. The molecule has 3 fully saturated rings. The molecule has 4 aliphatic carbocycles. The molecule has 0 bridgehead atoms. The molecule has 6 nitrogen and oxygen atoms in total. The molecule has 0 aromatic heterocycles. The zero-order chi connectivity index (χ0) is 21.2. The summed E-state index contributed by atoms with van der Waals surface area (Å²) in [4.78, 5) is 36.0. The van der Waals surface area contributed by atoms with Gasteiger partial charge in [0.05, 0.1) is 5.60 Å². The number of fused-ring (bicyclic) bond motifs is 5. The predicted molar refractivity (Wildman–Crippen MR) is 105 cm³/mol. The van der Waals surface area contributed by atoms with Gasteiger partial charge in [0, 0.05) is 18.8 Å². The third kappa shape index (κ3) is 2.64. The molecule has 6 heteroatoms. The van der Waals surface area contributed by atoms with Crippen LogP contribution in [-0.2, 0) is 19.1 Å². The zero-order valence-electron chi connectivity index (χ0n) is 17.6. The quantitative estimate of drug-likeness (QED) is 0.701. The van der Waals surface area contributed by atoms with Crippen LogP contribution >= 0.6 is 0 Å². The topological polar surface area (TPSA) is 101 Å². The molecule has 29 heavy (non-hydrogen) atoms. The second-order valence-corrected chi connectivity index (χ2v) is 10.2. The first-order valence-electron chi connectivity index (χ1n) is 10.8. The van der Waals surface area contributed by atoms with Crippen LogP contribution in [0.15, 0.2) is 11.6 Å². The Hall–Kier alpha value is -1.53. The van der Waals surface area contributed by atoms with Crippen molar-refractivity contribution in [3.63, 3.8) is 0 Å². The highest BCUT2D eigenvalue weighted by molar-refractivity contribution is 5.92. The molecule has 0 saturated heterocycles. The van der Waals surface area contributed by atoms with E-state index >= 15 is 0 Å². The van der Waals surface area contributed by atoms with Crippen LogP contribution in [0, 0.1) is 22.7 Å². The Bertz CT molecular complexity index is 801. The van der Waals surface area contributed by atoms with E-state index in [4.69, 9.17) is 4.74 Å². The van der Waals surface area contributed by atoms with E-state index in [0.29, 0.717) is 19.3 Å². The van der Waals surface area contributed by atoms with Crippen LogP contribution in [-0.4, -0.2) is 45.6 Å². The summed E-state index contributed by atoms with van der Waals surface area (Å²) in [5, 5.41) is 23.4. The van der Waals surface area contributed by atoms with Crippen LogP contribution in [0.1, 0.15) is 72.1 Å². The number of rotatable bonds is 3. The molecule has 4 unspecified atom stereocenters. The number of allylic oxidation sites excluding steroid dienone is 1. The minimum atomic E-state index is -1.69. The highest BCUT2D eigenvalue weighted by atomic mass is 16.5. The second-order valence-electron chi connectivity index (χ2n) is 10.2. The average Bonchev–Trinajstić information content (AvgIpc) is 2.89. The summed E-state index contributed by atoms with van der Waals surface area (Å²) in [7, 11) is 0. The molecule has 0 aromatic carbocycles. The van der Waals surface area contributed by atoms with E-state index in [2.05, 4.69) is 6.92 Å². The van der Waals surface area contributed by atoms with Gasteiger partial charge in [0.1, 0.15) is 5.60 Å². The Morgan fingerprint density at radius 3 is 2.48 bits per heavy atom. The SMILES string of the molecule is CC(=O)OCC(=O)[C@@]1(O)CC[C@@]2(O)C3CCC4=CC(=O)CCC4(C)C3CCC21C. The molecule has 4 rings (SSSR count). The van der Waals surface area contributed by atoms with Gasteiger partial charge in [-0.25, -0.2) is 0 Å². The molecule has 3 saturated carbocycles. The van der Waals surface area contributed by atoms with E-state index in [1.165, 1.54) is 12.5 Å². The summed E-state index contributed by atoms with van der Waals surface area (Å²) in [6.07, 6.45) is 6.60. The van der Waals surface area contributed by atoms with Gasteiger partial charge in [-0.15, -0.1) is 0 Å². The third-order valence-electron chi connectivity index (χ3n) is 9.16. The molecule has 0 radical (unpaired) electrons. The van der Waals surface area contributed by atoms with Crippen molar-refractivity contribution in [2.75, 3.05) is 6.61 Å². The summed E-state index contributed by atoms with van der Waals surface area (Å²) in [6, 6.07) is 0. The summed E-state index contributed by atoms with van der Waals surface area (Å²) in [6.45, 7) is 4.83. The maximum atomic E-state index is 12.9. The van der Waals surface area contributed by atoms with E-state index in [1.54, 1.807) is 0 Å². The first-order valence-corrected chi connectivity index (χ1v) is 10.8. The van der Waals surface area contributed by atoms with E-state index in [9.17, 15) is 24.6 Å². The fraction of sp³-hybridized carbons (Fsp3) is 0.783. The van der Waals surface area contributed by atoms with Gasteiger partial charge >= 0.3 is 5.97 Å². The first kappa shape index (κ1) is 20.7. The van der Waals surface area contributed by atoms with Crippen molar-refractivity contribution in [3.05, 3.63) is 11.6 Å². The minimum Gasteiger partial charge on any atom is -0.458 e. The van der Waals surface area contributed by atoms with Gasteiger partial charge in [0.2, 0.25) is 5.78 Å². The van der Waals surface area contributed by atoms with Gasteiger partial charge in [0.15, 0.2) is 12.4 Å².